The van der Waals surface area contributed by atoms with Crippen molar-refractivity contribution in [2.45, 2.75) is 13.3 Å². The number of anilines is 1. The summed E-state index contributed by atoms with van der Waals surface area (Å²) in [5.41, 5.74) is 0.613. The lowest BCUT2D eigenvalue weighted by Crippen LogP contribution is -2.15. The van der Waals surface area contributed by atoms with Gasteiger partial charge in [0.25, 0.3) is 0 Å². The highest BCUT2D eigenvalue weighted by Gasteiger charge is 2.06. The first kappa shape index (κ1) is 12.2. The topological polar surface area (TPSA) is 54.9 Å². The average molecular weight is 244 g/mol. The summed E-state index contributed by atoms with van der Waals surface area (Å²) in [6, 6.07) is 7.41. The van der Waals surface area contributed by atoms with Crippen molar-refractivity contribution in [1.82, 2.24) is 9.97 Å². The van der Waals surface area contributed by atoms with Crippen LogP contribution in [0.4, 0.5) is 10.2 Å². The lowest BCUT2D eigenvalue weighted by atomic mass is 10.1. The van der Waals surface area contributed by atoms with Crippen LogP contribution >= 0.6 is 0 Å². The third kappa shape index (κ3) is 3.35. The van der Waals surface area contributed by atoms with Crippen LogP contribution in [0, 0.1) is 18.9 Å². The van der Waals surface area contributed by atoms with Gasteiger partial charge in [0.2, 0.25) is 5.91 Å². The Morgan fingerprint density at radius 3 is 3.06 bits per heavy atom. The molecule has 0 fully saturated rings. The fourth-order valence-corrected chi connectivity index (χ4v) is 1.50. The van der Waals surface area contributed by atoms with Crippen LogP contribution < -0.4 is 5.32 Å². The molecule has 1 radical (unpaired) electrons. The first-order valence-corrected chi connectivity index (χ1v) is 5.39. The Kier molecular flexibility index (Phi) is 3.62. The van der Waals surface area contributed by atoms with Crippen LogP contribution in [0.1, 0.15) is 11.4 Å². The number of rotatable bonds is 3. The smallest absolute Gasteiger partial charge is 0.229 e. The zero-order valence-corrected chi connectivity index (χ0v) is 9.77. The van der Waals surface area contributed by atoms with Gasteiger partial charge in [-0.1, -0.05) is 12.1 Å². The van der Waals surface area contributed by atoms with Crippen LogP contribution in [0.15, 0.2) is 30.3 Å². The van der Waals surface area contributed by atoms with Crippen molar-refractivity contribution in [3.63, 3.8) is 0 Å². The van der Waals surface area contributed by atoms with E-state index in [4.69, 9.17) is 0 Å². The number of hydrogen-bond acceptors (Lipinski definition) is 3. The number of benzene rings is 1. The standard InChI is InChI=1S/C13H11FN3O/c1-9-15-6-5-12(16-9)17-13(18)8-10-3-2-4-11(14)7-10/h2-5,7H,8H2,1H3,(H,15,16,17,18). The quantitative estimate of drug-likeness (QED) is 0.897. The summed E-state index contributed by atoms with van der Waals surface area (Å²) in [4.78, 5) is 19.5. The minimum atomic E-state index is -0.355. The predicted molar refractivity (Wildman–Crippen MR) is 64.3 cm³/mol. The molecule has 2 aromatic rings. The number of amides is 1. The van der Waals surface area contributed by atoms with Crippen molar-refractivity contribution < 1.29 is 9.18 Å². The number of nitrogens with zero attached hydrogens (tertiary/aromatic N) is 2. The number of hydrogen-bond donors (Lipinski definition) is 1. The van der Waals surface area contributed by atoms with Gasteiger partial charge in [-0.25, -0.2) is 14.4 Å². The van der Waals surface area contributed by atoms with E-state index in [1.165, 1.54) is 18.2 Å². The van der Waals surface area contributed by atoms with Gasteiger partial charge in [0.05, 0.1) is 12.6 Å². The third-order valence-corrected chi connectivity index (χ3v) is 2.23. The van der Waals surface area contributed by atoms with Crippen molar-refractivity contribution in [2.75, 3.05) is 5.32 Å². The first-order valence-electron chi connectivity index (χ1n) is 5.39. The Morgan fingerprint density at radius 2 is 2.33 bits per heavy atom. The molecule has 0 aliphatic heterocycles. The highest BCUT2D eigenvalue weighted by atomic mass is 19.1. The molecule has 1 aromatic heterocycles. The van der Waals surface area contributed by atoms with Crippen molar-refractivity contribution in [1.29, 1.82) is 0 Å². The molecule has 2 rings (SSSR count). The van der Waals surface area contributed by atoms with Gasteiger partial charge in [-0.15, -0.1) is 0 Å². The van der Waals surface area contributed by atoms with Crippen LogP contribution in [0.5, 0.6) is 0 Å². The van der Waals surface area contributed by atoms with E-state index in [1.54, 1.807) is 19.1 Å². The van der Waals surface area contributed by atoms with Gasteiger partial charge in [-0.3, -0.25) is 4.79 Å². The van der Waals surface area contributed by atoms with E-state index in [0.29, 0.717) is 17.2 Å². The third-order valence-electron chi connectivity index (χ3n) is 2.23. The van der Waals surface area contributed by atoms with Crippen LogP contribution in [0.25, 0.3) is 0 Å². The van der Waals surface area contributed by atoms with Crippen LogP contribution in [-0.2, 0) is 11.2 Å². The summed E-state index contributed by atoms with van der Waals surface area (Å²) >= 11 is 0. The zero-order valence-electron chi connectivity index (χ0n) is 9.77. The molecule has 0 saturated heterocycles. The summed E-state index contributed by atoms with van der Waals surface area (Å²) in [5, 5.41) is 2.61. The van der Waals surface area contributed by atoms with Gasteiger partial charge in [0.15, 0.2) is 0 Å². The van der Waals surface area contributed by atoms with Crippen LogP contribution in [-0.4, -0.2) is 15.9 Å². The maximum absolute atomic E-state index is 12.9. The van der Waals surface area contributed by atoms with E-state index in [-0.39, 0.29) is 18.1 Å². The molecule has 0 unspecified atom stereocenters. The fraction of sp³-hybridized carbons (Fsp3) is 0.154. The van der Waals surface area contributed by atoms with Gasteiger partial charge < -0.3 is 5.32 Å². The maximum Gasteiger partial charge on any atom is 0.229 e. The van der Waals surface area contributed by atoms with Crippen molar-refractivity contribution in [3.8, 4) is 0 Å². The Morgan fingerprint density at radius 1 is 1.50 bits per heavy atom. The summed E-state index contributed by atoms with van der Waals surface area (Å²) in [5.74, 6) is 0.307. The van der Waals surface area contributed by atoms with Crippen molar-refractivity contribution in [3.05, 3.63) is 53.7 Å². The number of carbonyl (C=O) groups excluding carboxylic acids is 1. The lowest BCUT2D eigenvalue weighted by molar-refractivity contribution is -0.115. The normalized spacial score (nSPS) is 10.1. The number of carbonyl (C=O) groups is 1. The largest absolute Gasteiger partial charge is 0.310 e. The van der Waals surface area contributed by atoms with Gasteiger partial charge >= 0.3 is 0 Å². The number of aromatic nitrogens is 2. The minimum Gasteiger partial charge on any atom is -0.310 e. The monoisotopic (exact) mass is 244 g/mol. The van der Waals surface area contributed by atoms with Crippen molar-refractivity contribution in [2.24, 2.45) is 0 Å². The number of nitrogens with one attached hydrogen (secondary N) is 1. The number of halogens is 1. The molecule has 18 heavy (non-hydrogen) atoms. The molecule has 0 spiro atoms. The second-order valence-corrected chi connectivity index (χ2v) is 3.78. The molecule has 5 heteroatoms. The summed E-state index contributed by atoms with van der Waals surface area (Å²) in [7, 11) is 0. The Labute approximate surface area is 104 Å². The average Bonchev–Trinajstić information content (AvgIpc) is 2.28. The molecule has 1 N–H and O–H groups in total. The molecular formula is C13H11FN3O. The summed E-state index contributed by atoms with van der Waals surface area (Å²) in [6.07, 6.45) is 2.72. The van der Waals surface area contributed by atoms with Crippen LogP contribution in [0.3, 0.4) is 0 Å². The van der Waals surface area contributed by atoms with E-state index in [2.05, 4.69) is 21.5 Å². The second kappa shape index (κ2) is 5.35. The SMILES string of the molecule is Cc1n[c]cc(NC(=O)Cc2cccc(F)c2)n1. The minimum absolute atomic E-state index is 0.0980. The Bertz CT molecular complexity index is 522. The molecule has 0 bridgehead atoms. The molecule has 1 amide bonds. The lowest BCUT2D eigenvalue weighted by Gasteiger charge is -2.04. The first-order chi connectivity index (χ1) is 8.63. The Hall–Kier alpha value is -2.30. The number of aryl methyl sites for hydroxylation is 1. The highest BCUT2D eigenvalue weighted by Crippen LogP contribution is 2.06. The molecule has 91 valence electrons. The molecule has 0 saturated carbocycles. The second-order valence-electron chi connectivity index (χ2n) is 3.78. The van der Waals surface area contributed by atoms with Gasteiger partial charge in [-0.05, 0) is 24.6 Å². The molecular weight excluding hydrogens is 233 g/mol. The summed E-state index contributed by atoms with van der Waals surface area (Å²) in [6.45, 7) is 1.71. The van der Waals surface area contributed by atoms with Gasteiger partial charge in [-0.2, -0.15) is 0 Å². The van der Waals surface area contributed by atoms with E-state index in [9.17, 15) is 9.18 Å². The van der Waals surface area contributed by atoms with Crippen LogP contribution in [0.2, 0.25) is 0 Å². The predicted octanol–water partition coefficient (Wildman–Crippen LogP) is 1.91. The Balaban J connectivity index is 2.01. The zero-order chi connectivity index (χ0) is 13.0. The highest BCUT2D eigenvalue weighted by molar-refractivity contribution is 5.91. The summed E-state index contributed by atoms with van der Waals surface area (Å²) < 4.78 is 12.9. The van der Waals surface area contributed by atoms with E-state index >= 15 is 0 Å². The molecule has 0 aliphatic carbocycles. The van der Waals surface area contributed by atoms with E-state index in [0.717, 1.165) is 0 Å². The molecule has 0 atom stereocenters. The molecule has 1 aromatic carbocycles. The molecule has 4 nitrogen and oxygen atoms in total. The van der Waals surface area contributed by atoms with E-state index < -0.39 is 0 Å². The maximum atomic E-state index is 12.9. The van der Waals surface area contributed by atoms with Gasteiger partial charge in [0, 0.05) is 6.07 Å². The van der Waals surface area contributed by atoms with Crippen molar-refractivity contribution >= 4 is 11.7 Å². The molecule has 1 heterocycles. The molecule has 0 aliphatic rings. The van der Waals surface area contributed by atoms with E-state index in [1.807, 2.05) is 0 Å². The fourth-order valence-electron chi connectivity index (χ4n) is 1.50. The van der Waals surface area contributed by atoms with Gasteiger partial charge in [0.1, 0.15) is 17.5 Å².